The second-order valence-corrected chi connectivity index (χ2v) is 12.1. The van der Waals surface area contributed by atoms with Crippen molar-refractivity contribution in [2.24, 2.45) is 24.3 Å². The summed E-state index contributed by atoms with van der Waals surface area (Å²) < 4.78 is 8.43. The first kappa shape index (κ1) is 33.3. The number of nitrogens with one attached hydrogen (secondary N) is 2. The van der Waals surface area contributed by atoms with Gasteiger partial charge >= 0.3 is 0 Å². The molecule has 0 aliphatic heterocycles. The average molecular weight is 685 g/mol. The Hall–Kier alpha value is -7.20. The Kier molecular flexibility index (Phi) is 9.70. The number of nitrogens with zero attached hydrogens (tertiary/aromatic N) is 6. The maximum atomic E-state index is 12.6. The Balaban J connectivity index is 0.869. The molecule has 0 bridgehead atoms. The molecule has 10 nitrogen and oxygen atoms in total. The number of benzene rings is 3. The highest BCUT2D eigenvalue weighted by atomic mass is 16.2. The van der Waals surface area contributed by atoms with Crippen LogP contribution in [0.1, 0.15) is 54.4 Å². The fourth-order valence-corrected chi connectivity index (χ4v) is 5.70. The topological polar surface area (TPSA) is 101 Å². The minimum absolute atomic E-state index is 0.373. The summed E-state index contributed by atoms with van der Waals surface area (Å²) in [6.07, 6.45) is 19.6. The van der Waals surface area contributed by atoms with Gasteiger partial charge in [-0.15, -0.1) is 0 Å². The fraction of sp³-hybridized carbons (Fsp3) is 0.0476. The van der Waals surface area contributed by atoms with Gasteiger partial charge in [0.05, 0.1) is 38.9 Å². The molecule has 254 valence electrons. The van der Waals surface area contributed by atoms with Crippen molar-refractivity contribution in [1.82, 2.24) is 20.0 Å². The number of aryl methyl sites for hydroxylation is 2. The molecule has 0 fully saturated rings. The Bertz CT molecular complexity index is 2330. The number of pyridine rings is 2. The van der Waals surface area contributed by atoms with E-state index in [0.29, 0.717) is 11.1 Å². The van der Waals surface area contributed by atoms with Gasteiger partial charge in [0.25, 0.3) is 23.1 Å². The van der Waals surface area contributed by atoms with Gasteiger partial charge in [-0.05, 0) is 70.8 Å². The third-order valence-electron chi connectivity index (χ3n) is 8.67. The number of hydrogen-bond donors (Lipinski definition) is 2. The van der Waals surface area contributed by atoms with Gasteiger partial charge in [-0.3, -0.25) is 9.59 Å². The van der Waals surface area contributed by atoms with Crippen LogP contribution in [-0.2, 0) is 14.1 Å². The molecule has 0 radical (unpaired) electrons. The third-order valence-corrected chi connectivity index (χ3v) is 8.67. The number of fused-ring (bicyclic) bond motifs is 2. The fourth-order valence-electron chi connectivity index (χ4n) is 5.70. The van der Waals surface area contributed by atoms with E-state index in [4.69, 9.17) is 0 Å². The summed E-state index contributed by atoms with van der Waals surface area (Å²) >= 11 is 0. The number of amides is 2. The zero-order chi connectivity index (χ0) is 35.9. The number of hydrogen-bond acceptors (Lipinski definition) is 4. The molecule has 3 aromatic carbocycles. The molecule has 0 aliphatic rings. The normalized spacial score (nSPS) is 11.9. The van der Waals surface area contributed by atoms with E-state index in [-0.39, 0.29) is 11.8 Å². The lowest BCUT2D eigenvalue weighted by molar-refractivity contribution is -0.510. The number of carbonyl (C=O) groups excluding carboxylic acids is 2. The largest absolute Gasteiger partial charge is 0.286 e. The number of carbonyl (C=O) groups is 2. The molecule has 52 heavy (non-hydrogen) atoms. The number of hydrazone groups is 2. The van der Waals surface area contributed by atoms with Gasteiger partial charge in [0.2, 0.25) is 0 Å². The zero-order valence-corrected chi connectivity index (χ0v) is 28.7. The molecule has 2 N–H and O–H groups in total. The van der Waals surface area contributed by atoms with Gasteiger partial charge < -0.3 is 0 Å². The van der Waals surface area contributed by atoms with Gasteiger partial charge in [0.1, 0.15) is 12.4 Å². The van der Waals surface area contributed by atoms with Crippen molar-refractivity contribution in [3.8, 4) is 0 Å². The minimum atomic E-state index is -0.386. The van der Waals surface area contributed by atoms with E-state index in [9.17, 15) is 9.59 Å². The van der Waals surface area contributed by atoms with Crippen LogP contribution in [0.25, 0.3) is 35.6 Å². The Labute approximate surface area is 300 Å². The monoisotopic (exact) mass is 684 g/mol. The number of aromatic nitrogens is 4. The van der Waals surface area contributed by atoms with Crippen LogP contribution in [0.5, 0.6) is 0 Å². The first-order valence-corrected chi connectivity index (χ1v) is 16.7. The summed E-state index contributed by atoms with van der Waals surface area (Å²) in [7, 11) is 4.08. The van der Waals surface area contributed by atoms with E-state index in [1.807, 2.05) is 99.3 Å². The van der Waals surface area contributed by atoms with Crippen LogP contribution in [0.4, 0.5) is 0 Å². The molecule has 0 spiro atoms. The molecular formula is C42H36N8O2+2. The van der Waals surface area contributed by atoms with Crippen molar-refractivity contribution in [1.29, 1.82) is 0 Å². The SMILES string of the molecule is Cn1c(C=Cc2ccc(C=NNC(=O)c3ccc(C(=O)NN=Cc4ccc(C=Cc5c[n+]6ccccc6n5C)cc4)cc3)cc2)c[n+]2ccccc12. The lowest BCUT2D eigenvalue weighted by Crippen LogP contribution is -2.19. The van der Waals surface area contributed by atoms with E-state index in [2.05, 4.69) is 87.8 Å². The molecule has 4 heterocycles. The van der Waals surface area contributed by atoms with Gasteiger partial charge in [-0.2, -0.15) is 10.2 Å². The van der Waals surface area contributed by atoms with Crippen molar-refractivity contribution in [3.63, 3.8) is 0 Å². The van der Waals surface area contributed by atoms with E-state index < -0.39 is 0 Å². The second kappa shape index (κ2) is 15.1. The lowest BCUT2D eigenvalue weighted by Gasteiger charge is -2.03. The highest BCUT2D eigenvalue weighted by molar-refractivity contribution is 5.98. The third kappa shape index (κ3) is 7.66. The molecule has 4 aromatic heterocycles. The zero-order valence-electron chi connectivity index (χ0n) is 28.7. The predicted molar refractivity (Wildman–Crippen MR) is 204 cm³/mol. The van der Waals surface area contributed by atoms with Crippen LogP contribution in [0.15, 0.2) is 144 Å². The maximum Gasteiger partial charge on any atom is 0.286 e. The van der Waals surface area contributed by atoms with Crippen LogP contribution in [-0.4, -0.2) is 33.4 Å². The second-order valence-electron chi connectivity index (χ2n) is 12.1. The molecular weight excluding hydrogens is 649 g/mol. The molecule has 0 atom stereocenters. The standard InChI is InChI=1S/C42H34N8O2/c1-47-37(29-49-25-5-3-7-39(47)49)23-17-31-9-13-33(14-10-31)27-43-45-41(51)35-19-21-36(22-20-35)42(52)46-44-28-34-15-11-32(12-16-34)18-24-38-30-50-26-6-4-8-40(50)48(38)2/h3-30H,1-2H3/p+2. The van der Waals surface area contributed by atoms with Crippen LogP contribution in [0.2, 0.25) is 0 Å². The van der Waals surface area contributed by atoms with E-state index in [1.165, 1.54) is 0 Å². The Morgan fingerprint density at radius 1 is 0.519 bits per heavy atom. The van der Waals surface area contributed by atoms with Crippen LogP contribution in [0.3, 0.4) is 0 Å². The summed E-state index contributed by atoms with van der Waals surface area (Å²) in [5.41, 5.74) is 14.0. The number of imidazole rings is 2. The van der Waals surface area contributed by atoms with Gasteiger partial charge in [-0.25, -0.2) is 28.8 Å². The average Bonchev–Trinajstić information content (AvgIpc) is 3.68. The molecule has 2 amide bonds. The van der Waals surface area contributed by atoms with E-state index >= 15 is 0 Å². The summed E-state index contributed by atoms with van der Waals surface area (Å²) in [6.45, 7) is 0. The van der Waals surface area contributed by atoms with E-state index in [1.54, 1.807) is 36.7 Å². The summed E-state index contributed by atoms with van der Waals surface area (Å²) in [5.74, 6) is -0.772. The van der Waals surface area contributed by atoms with Crippen LogP contribution < -0.4 is 19.7 Å². The van der Waals surface area contributed by atoms with Crippen molar-refractivity contribution >= 4 is 59.8 Å². The molecule has 7 aromatic rings. The first-order chi connectivity index (χ1) is 25.4. The van der Waals surface area contributed by atoms with Gasteiger partial charge in [0.15, 0.2) is 11.4 Å². The number of rotatable bonds is 10. The molecule has 0 saturated heterocycles. The Morgan fingerprint density at radius 2 is 0.904 bits per heavy atom. The van der Waals surface area contributed by atoms with Crippen molar-refractivity contribution in [3.05, 3.63) is 179 Å². The maximum absolute atomic E-state index is 12.6. The highest BCUT2D eigenvalue weighted by Gasteiger charge is 2.12. The molecule has 7 rings (SSSR count). The molecule has 0 saturated carbocycles. The summed E-state index contributed by atoms with van der Waals surface area (Å²) in [5, 5.41) is 8.18. The van der Waals surface area contributed by atoms with Gasteiger partial charge in [0, 0.05) is 23.3 Å². The van der Waals surface area contributed by atoms with E-state index in [0.717, 1.165) is 44.9 Å². The Morgan fingerprint density at radius 3 is 1.29 bits per heavy atom. The minimum Gasteiger partial charge on any atom is -0.267 e. The first-order valence-electron chi connectivity index (χ1n) is 16.7. The lowest BCUT2D eigenvalue weighted by atomic mass is 10.1. The van der Waals surface area contributed by atoms with Crippen molar-refractivity contribution < 1.29 is 18.4 Å². The summed E-state index contributed by atoms with van der Waals surface area (Å²) in [6, 6.07) is 34.2. The van der Waals surface area contributed by atoms with Crippen LogP contribution >= 0.6 is 0 Å². The molecule has 10 heteroatoms. The highest BCUT2D eigenvalue weighted by Crippen LogP contribution is 2.12. The smallest absolute Gasteiger partial charge is 0.267 e. The molecule has 0 unspecified atom stereocenters. The summed E-state index contributed by atoms with van der Waals surface area (Å²) in [4.78, 5) is 25.3. The van der Waals surface area contributed by atoms with Crippen molar-refractivity contribution in [2.45, 2.75) is 0 Å². The molecule has 0 aliphatic carbocycles. The van der Waals surface area contributed by atoms with Crippen LogP contribution in [0, 0.1) is 0 Å². The quantitative estimate of drug-likeness (QED) is 0.110. The predicted octanol–water partition coefficient (Wildman–Crippen LogP) is 5.71. The van der Waals surface area contributed by atoms with Crippen molar-refractivity contribution in [2.75, 3.05) is 0 Å². The van der Waals surface area contributed by atoms with Gasteiger partial charge in [-0.1, -0.05) is 72.8 Å².